The topological polar surface area (TPSA) is 23.5 Å². The maximum Gasteiger partial charge on any atom is 0.123 e. The molecule has 1 N–H and O–H groups in total. The average Bonchev–Trinajstić information content (AvgIpc) is 2.56. The molecule has 3 fully saturated rings. The molecule has 2 saturated heterocycles. The number of hydrogen-bond donors (Lipinski definition) is 1. The molecule has 1 saturated carbocycles. The van der Waals surface area contributed by atoms with E-state index in [9.17, 15) is 9.50 Å². The molecule has 2 unspecified atom stereocenters. The van der Waals surface area contributed by atoms with Gasteiger partial charge in [0.1, 0.15) is 5.82 Å². The van der Waals surface area contributed by atoms with Gasteiger partial charge in [-0.05, 0) is 29.7 Å². The van der Waals surface area contributed by atoms with E-state index in [1.807, 2.05) is 6.07 Å². The summed E-state index contributed by atoms with van der Waals surface area (Å²) in [5.74, 6) is 0.253. The maximum atomic E-state index is 13.1. The molecular formula is C19H20FNO. The Morgan fingerprint density at radius 1 is 1.00 bits per heavy atom. The van der Waals surface area contributed by atoms with Crippen LogP contribution in [0.5, 0.6) is 0 Å². The van der Waals surface area contributed by atoms with Gasteiger partial charge in [-0.3, -0.25) is 4.90 Å². The molecule has 3 aliphatic rings. The number of rotatable bonds is 3. The smallest absolute Gasteiger partial charge is 0.123 e. The molecule has 5 rings (SSSR count). The van der Waals surface area contributed by atoms with E-state index in [0.29, 0.717) is 0 Å². The van der Waals surface area contributed by atoms with Gasteiger partial charge in [0.25, 0.3) is 0 Å². The van der Waals surface area contributed by atoms with Gasteiger partial charge in [-0.1, -0.05) is 42.5 Å². The third kappa shape index (κ3) is 2.16. The average molecular weight is 297 g/mol. The lowest BCUT2D eigenvalue weighted by atomic mass is 9.55. The van der Waals surface area contributed by atoms with Crippen molar-refractivity contribution in [2.45, 2.75) is 18.6 Å². The number of halogens is 1. The van der Waals surface area contributed by atoms with Gasteiger partial charge in [0.05, 0.1) is 5.60 Å². The normalized spacial score (nSPS) is 30.8. The Labute approximate surface area is 130 Å². The van der Waals surface area contributed by atoms with Gasteiger partial charge in [-0.25, -0.2) is 4.39 Å². The molecule has 1 aliphatic carbocycles. The van der Waals surface area contributed by atoms with Gasteiger partial charge < -0.3 is 5.11 Å². The molecule has 0 aromatic heterocycles. The molecule has 2 heterocycles. The lowest BCUT2D eigenvalue weighted by Gasteiger charge is -2.59. The molecule has 0 spiro atoms. The number of nitrogens with zero attached hydrogens (tertiary/aromatic N) is 1. The number of fused-ring (bicyclic) bond motifs is 2. The summed E-state index contributed by atoms with van der Waals surface area (Å²) >= 11 is 0. The molecule has 2 atom stereocenters. The summed E-state index contributed by atoms with van der Waals surface area (Å²) in [6.45, 7) is 2.74. The molecule has 2 bridgehead atoms. The first kappa shape index (κ1) is 13.9. The SMILES string of the molecule is OC1(c2ccc(F)cc2)C2CC1CN(Cc1ccccc1)C2. The van der Waals surface area contributed by atoms with Crippen LogP contribution in [0.3, 0.4) is 0 Å². The predicted molar refractivity (Wildman–Crippen MR) is 83.6 cm³/mol. The number of piperidine rings is 2. The maximum absolute atomic E-state index is 13.1. The first-order valence-electron chi connectivity index (χ1n) is 7.91. The molecule has 114 valence electrons. The summed E-state index contributed by atoms with van der Waals surface area (Å²) in [5, 5.41) is 11.1. The van der Waals surface area contributed by atoms with Crippen LogP contribution in [-0.4, -0.2) is 23.1 Å². The lowest BCUT2D eigenvalue weighted by Crippen LogP contribution is -2.64. The van der Waals surface area contributed by atoms with Gasteiger partial charge in [0.2, 0.25) is 0 Å². The summed E-state index contributed by atoms with van der Waals surface area (Å²) in [6.07, 6.45) is 1.07. The highest BCUT2D eigenvalue weighted by Crippen LogP contribution is 2.55. The fourth-order valence-corrected chi connectivity index (χ4v) is 4.16. The zero-order chi connectivity index (χ0) is 15.2. The Bertz CT molecular complexity index is 643. The van der Waals surface area contributed by atoms with Gasteiger partial charge in [0.15, 0.2) is 0 Å². The Hall–Kier alpha value is -1.71. The molecule has 2 nitrogen and oxygen atoms in total. The van der Waals surface area contributed by atoms with Crippen LogP contribution in [0.4, 0.5) is 4.39 Å². The van der Waals surface area contributed by atoms with Crippen molar-refractivity contribution in [2.75, 3.05) is 13.1 Å². The molecule has 0 amide bonds. The Balaban J connectivity index is 1.49. The summed E-state index contributed by atoms with van der Waals surface area (Å²) < 4.78 is 13.1. The molecule has 0 radical (unpaired) electrons. The van der Waals surface area contributed by atoms with E-state index >= 15 is 0 Å². The standard InChI is InChI=1S/C19H20FNO/c20-18-8-6-15(7-9-18)19(22)16-10-17(19)13-21(12-16)11-14-4-2-1-3-5-14/h1-9,16-17,22H,10-13H2. The summed E-state index contributed by atoms with van der Waals surface area (Å²) in [6, 6.07) is 16.8. The molecular weight excluding hydrogens is 277 g/mol. The summed E-state index contributed by atoms with van der Waals surface area (Å²) in [5.41, 5.74) is 1.42. The van der Waals surface area contributed by atoms with Crippen LogP contribution >= 0.6 is 0 Å². The second-order valence-electron chi connectivity index (χ2n) is 6.64. The lowest BCUT2D eigenvalue weighted by molar-refractivity contribution is -0.205. The van der Waals surface area contributed by atoms with Crippen LogP contribution in [0.2, 0.25) is 0 Å². The third-order valence-corrected chi connectivity index (χ3v) is 5.33. The molecule has 3 heteroatoms. The van der Waals surface area contributed by atoms with E-state index in [1.165, 1.54) is 17.7 Å². The molecule has 2 aromatic rings. The fourth-order valence-electron chi connectivity index (χ4n) is 4.16. The third-order valence-electron chi connectivity index (χ3n) is 5.33. The van der Waals surface area contributed by atoms with Gasteiger partial charge in [-0.2, -0.15) is 0 Å². The van der Waals surface area contributed by atoms with Gasteiger partial charge in [-0.15, -0.1) is 0 Å². The fraction of sp³-hybridized carbons (Fsp3) is 0.368. The monoisotopic (exact) mass is 297 g/mol. The Morgan fingerprint density at radius 3 is 2.27 bits per heavy atom. The van der Waals surface area contributed by atoms with Crippen molar-refractivity contribution in [1.29, 1.82) is 0 Å². The zero-order valence-electron chi connectivity index (χ0n) is 12.5. The highest BCUT2D eigenvalue weighted by atomic mass is 19.1. The summed E-state index contributed by atoms with van der Waals surface area (Å²) in [4.78, 5) is 2.42. The number of benzene rings is 2. The molecule has 2 aromatic carbocycles. The van der Waals surface area contributed by atoms with E-state index in [0.717, 1.165) is 31.6 Å². The Kier molecular flexibility index (Phi) is 3.28. The van der Waals surface area contributed by atoms with Gasteiger partial charge >= 0.3 is 0 Å². The van der Waals surface area contributed by atoms with Crippen molar-refractivity contribution < 1.29 is 9.50 Å². The van der Waals surface area contributed by atoms with E-state index < -0.39 is 5.60 Å². The van der Waals surface area contributed by atoms with E-state index in [4.69, 9.17) is 0 Å². The van der Waals surface area contributed by atoms with Crippen LogP contribution in [0, 0.1) is 17.7 Å². The minimum atomic E-state index is -0.763. The van der Waals surface area contributed by atoms with Crippen molar-refractivity contribution >= 4 is 0 Å². The number of aliphatic hydroxyl groups is 1. The predicted octanol–water partition coefficient (Wildman–Crippen LogP) is 3.17. The first-order valence-corrected chi connectivity index (χ1v) is 7.91. The second kappa shape index (κ2) is 5.18. The number of hydrogen-bond acceptors (Lipinski definition) is 2. The highest BCUT2D eigenvalue weighted by molar-refractivity contribution is 5.30. The van der Waals surface area contributed by atoms with Gasteiger partial charge in [0, 0.05) is 31.5 Å². The minimum absolute atomic E-state index is 0.248. The summed E-state index contributed by atoms with van der Waals surface area (Å²) in [7, 11) is 0. The molecule has 2 aliphatic heterocycles. The van der Waals surface area contributed by atoms with Crippen LogP contribution in [-0.2, 0) is 12.1 Å². The van der Waals surface area contributed by atoms with E-state index in [-0.39, 0.29) is 17.7 Å². The van der Waals surface area contributed by atoms with Crippen molar-refractivity contribution in [3.05, 3.63) is 71.5 Å². The van der Waals surface area contributed by atoms with E-state index in [2.05, 4.69) is 29.2 Å². The second-order valence-corrected chi connectivity index (χ2v) is 6.64. The van der Waals surface area contributed by atoms with Crippen molar-refractivity contribution in [3.63, 3.8) is 0 Å². The molecule has 22 heavy (non-hydrogen) atoms. The van der Waals surface area contributed by atoms with Crippen LogP contribution < -0.4 is 0 Å². The van der Waals surface area contributed by atoms with E-state index in [1.54, 1.807) is 12.1 Å². The van der Waals surface area contributed by atoms with Crippen molar-refractivity contribution in [3.8, 4) is 0 Å². The van der Waals surface area contributed by atoms with Crippen molar-refractivity contribution in [1.82, 2.24) is 4.90 Å². The van der Waals surface area contributed by atoms with Crippen molar-refractivity contribution in [2.24, 2.45) is 11.8 Å². The quantitative estimate of drug-likeness (QED) is 0.940. The largest absolute Gasteiger partial charge is 0.384 e. The van der Waals surface area contributed by atoms with Crippen LogP contribution in [0.15, 0.2) is 54.6 Å². The zero-order valence-corrected chi connectivity index (χ0v) is 12.5. The minimum Gasteiger partial charge on any atom is -0.384 e. The van der Waals surface area contributed by atoms with Crippen LogP contribution in [0.25, 0.3) is 0 Å². The first-order chi connectivity index (χ1) is 10.7. The highest BCUT2D eigenvalue weighted by Gasteiger charge is 2.58. The van der Waals surface area contributed by atoms with Crippen LogP contribution in [0.1, 0.15) is 17.5 Å². The Morgan fingerprint density at radius 2 is 1.64 bits per heavy atom.